The molecule has 1 aromatic carbocycles. The van der Waals surface area contributed by atoms with Crippen LogP contribution in [0.5, 0.6) is 5.75 Å². The molecular formula is C15H14F3N5O4S. The number of hydrogen-bond acceptors (Lipinski definition) is 7. The highest BCUT2D eigenvalue weighted by molar-refractivity contribution is 7.89. The minimum Gasteiger partial charge on any atom is -0.406 e. The topological polar surface area (TPSA) is 112 Å². The molecule has 28 heavy (non-hydrogen) atoms. The Hall–Kier alpha value is -2.93. The molecule has 0 saturated carbocycles. The lowest BCUT2D eigenvalue weighted by Crippen LogP contribution is -2.23. The Labute approximate surface area is 157 Å². The van der Waals surface area contributed by atoms with Gasteiger partial charge >= 0.3 is 6.36 Å². The van der Waals surface area contributed by atoms with Gasteiger partial charge in [0.25, 0.3) is 0 Å². The first kappa shape index (κ1) is 19.8. The second-order valence-corrected chi connectivity index (χ2v) is 7.21. The van der Waals surface area contributed by atoms with Crippen LogP contribution in [0.15, 0.2) is 46.1 Å². The molecule has 150 valence electrons. The second-order valence-electron chi connectivity index (χ2n) is 5.44. The highest BCUT2D eigenvalue weighted by Crippen LogP contribution is 2.24. The third kappa shape index (κ3) is 4.86. The Kier molecular flexibility index (Phi) is 5.38. The SMILES string of the molecule is CCn1cc(-c2noc(CNS(=O)(=O)c3ccc(OC(F)(F)F)cc3)n2)cn1. The van der Waals surface area contributed by atoms with Gasteiger partial charge in [-0.1, -0.05) is 5.16 Å². The number of benzene rings is 1. The van der Waals surface area contributed by atoms with Crippen molar-refractivity contribution in [1.82, 2.24) is 24.6 Å². The predicted molar refractivity (Wildman–Crippen MR) is 88.3 cm³/mol. The molecule has 13 heteroatoms. The highest BCUT2D eigenvalue weighted by atomic mass is 32.2. The van der Waals surface area contributed by atoms with Crippen molar-refractivity contribution in [2.75, 3.05) is 0 Å². The minimum absolute atomic E-state index is 0.0137. The summed E-state index contributed by atoms with van der Waals surface area (Å²) in [5, 5.41) is 7.83. The first-order valence-corrected chi connectivity index (χ1v) is 9.35. The maximum atomic E-state index is 12.2. The summed E-state index contributed by atoms with van der Waals surface area (Å²) in [5.74, 6) is -0.261. The molecule has 0 aliphatic heterocycles. The van der Waals surface area contributed by atoms with Gasteiger partial charge in [0.2, 0.25) is 21.7 Å². The predicted octanol–water partition coefficient (Wildman–Crippen LogP) is 2.33. The zero-order valence-electron chi connectivity index (χ0n) is 14.3. The summed E-state index contributed by atoms with van der Waals surface area (Å²) in [7, 11) is -4.01. The lowest BCUT2D eigenvalue weighted by molar-refractivity contribution is -0.274. The number of aromatic nitrogens is 4. The number of alkyl halides is 3. The fourth-order valence-electron chi connectivity index (χ4n) is 2.16. The summed E-state index contributed by atoms with van der Waals surface area (Å²) in [6.45, 7) is 2.28. The van der Waals surface area contributed by atoms with Gasteiger partial charge in [0.05, 0.1) is 23.2 Å². The molecule has 2 aromatic heterocycles. The van der Waals surface area contributed by atoms with Crippen LogP contribution in [0.25, 0.3) is 11.4 Å². The van der Waals surface area contributed by atoms with E-state index < -0.39 is 22.1 Å². The first-order chi connectivity index (χ1) is 13.2. The van der Waals surface area contributed by atoms with Crippen LogP contribution in [0, 0.1) is 0 Å². The van der Waals surface area contributed by atoms with Crippen molar-refractivity contribution in [2.45, 2.75) is 31.3 Å². The van der Waals surface area contributed by atoms with Gasteiger partial charge in [-0.15, -0.1) is 13.2 Å². The van der Waals surface area contributed by atoms with E-state index in [0.29, 0.717) is 12.1 Å². The second kappa shape index (κ2) is 7.59. The molecule has 0 atom stereocenters. The molecule has 2 heterocycles. The van der Waals surface area contributed by atoms with E-state index >= 15 is 0 Å². The van der Waals surface area contributed by atoms with Gasteiger partial charge in [-0.05, 0) is 31.2 Å². The van der Waals surface area contributed by atoms with E-state index in [-0.39, 0.29) is 23.2 Å². The number of rotatable bonds is 7. The Bertz CT molecular complexity index is 1040. The van der Waals surface area contributed by atoms with Gasteiger partial charge in [0.1, 0.15) is 5.75 Å². The van der Waals surface area contributed by atoms with E-state index in [4.69, 9.17) is 4.52 Å². The quantitative estimate of drug-likeness (QED) is 0.628. The van der Waals surface area contributed by atoms with Crippen LogP contribution in [-0.2, 0) is 23.1 Å². The summed E-state index contributed by atoms with van der Waals surface area (Å²) < 4.78 is 73.5. The van der Waals surface area contributed by atoms with Crippen LogP contribution >= 0.6 is 0 Å². The Morgan fingerprint density at radius 3 is 2.57 bits per heavy atom. The zero-order chi connectivity index (χ0) is 20.4. The molecule has 1 N–H and O–H groups in total. The van der Waals surface area contributed by atoms with Crippen molar-refractivity contribution in [3.63, 3.8) is 0 Å². The fraction of sp³-hybridized carbons (Fsp3) is 0.267. The molecule has 0 fully saturated rings. The number of sulfonamides is 1. The van der Waals surface area contributed by atoms with Gasteiger partial charge in [-0.2, -0.15) is 10.1 Å². The van der Waals surface area contributed by atoms with Gasteiger partial charge < -0.3 is 9.26 Å². The van der Waals surface area contributed by atoms with Crippen molar-refractivity contribution in [3.8, 4) is 17.1 Å². The van der Waals surface area contributed by atoms with Gasteiger partial charge in [-0.3, -0.25) is 4.68 Å². The van der Waals surface area contributed by atoms with Crippen LogP contribution < -0.4 is 9.46 Å². The molecule has 0 aliphatic rings. The van der Waals surface area contributed by atoms with Gasteiger partial charge in [-0.25, -0.2) is 13.1 Å². The summed E-state index contributed by atoms with van der Waals surface area (Å²) in [6, 6.07) is 3.78. The number of aryl methyl sites for hydroxylation is 1. The lowest BCUT2D eigenvalue weighted by atomic mass is 10.3. The van der Waals surface area contributed by atoms with Crippen molar-refractivity contribution < 1.29 is 30.8 Å². The molecule has 9 nitrogen and oxygen atoms in total. The number of ether oxygens (including phenoxy) is 1. The maximum Gasteiger partial charge on any atom is 0.573 e. The van der Waals surface area contributed by atoms with Crippen LogP contribution in [0.4, 0.5) is 13.2 Å². The maximum absolute atomic E-state index is 12.2. The monoisotopic (exact) mass is 417 g/mol. The van der Waals surface area contributed by atoms with E-state index in [2.05, 4.69) is 24.7 Å². The third-order valence-electron chi connectivity index (χ3n) is 3.46. The molecule has 3 aromatic rings. The standard InChI is InChI=1S/C15H14F3N5O4S/c1-2-23-9-10(7-19-23)14-21-13(27-22-14)8-20-28(24,25)12-5-3-11(4-6-12)26-15(16,17)18/h3-7,9,20H,2,8H2,1H3. The third-order valence-corrected chi connectivity index (χ3v) is 4.88. The van der Waals surface area contributed by atoms with E-state index in [1.807, 2.05) is 6.92 Å². The van der Waals surface area contributed by atoms with Crippen molar-refractivity contribution in [1.29, 1.82) is 0 Å². The Balaban J connectivity index is 1.65. The summed E-state index contributed by atoms with van der Waals surface area (Å²) >= 11 is 0. The van der Waals surface area contributed by atoms with Crippen LogP contribution in [-0.4, -0.2) is 34.7 Å². The molecule has 0 saturated heterocycles. The highest BCUT2D eigenvalue weighted by Gasteiger charge is 2.31. The van der Waals surface area contributed by atoms with Crippen LogP contribution in [0.1, 0.15) is 12.8 Å². The van der Waals surface area contributed by atoms with E-state index in [0.717, 1.165) is 24.3 Å². The first-order valence-electron chi connectivity index (χ1n) is 7.87. The summed E-state index contributed by atoms with van der Waals surface area (Å²) in [5.41, 5.74) is 0.611. The van der Waals surface area contributed by atoms with Crippen molar-refractivity contribution >= 4 is 10.0 Å². The van der Waals surface area contributed by atoms with E-state index in [1.165, 1.54) is 0 Å². The Morgan fingerprint density at radius 2 is 1.96 bits per heavy atom. The van der Waals surface area contributed by atoms with Gasteiger partial charge in [0.15, 0.2) is 0 Å². The lowest BCUT2D eigenvalue weighted by Gasteiger charge is -2.09. The average Bonchev–Trinajstić information content (AvgIpc) is 3.28. The normalized spacial score (nSPS) is 12.3. The minimum atomic E-state index is -4.86. The van der Waals surface area contributed by atoms with Crippen molar-refractivity contribution in [3.05, 3.63) is 42.5 Å². The number of nitrogens with one attached hydrogen (secondary N) is 1. The smallest absolute Gasteiger partial charge is 0.406 e. The molecule has 0 amide bonds. The fourth-order valence-corrected chi connectivity index (χ4v) is 3.13. The van der Waals surface area contributed by atoms with E-state index in [9.17, 15) is 21.6 Å². The van der Waals surface area contributed by atoms with Crippen LogP contribution in [0.2, 0.25) is 0 Å². The number of halogens is 3. The van der Waals surface area contributed by atoms with E-state index in [1.54, 1.807) is 17.1 Å². The van der Waals surface area contributed by atoms with Crippen molar-refractivity contribution in [2.24, 2.45) is 0 Å². The van der Waals surface area contributed by atoms with Gasteiger partial charge in [0, 0.05) is 12.7 Å². The zero-order valence-corrected chi connectivity index (χ0v) is 15.2. The Morgan fingerprint density at radius 1 is 1.25 bits per heavy atom. The molecule has 0 bridgehead atoms. The summed E-state index contributed by atoms with van der Waals surface area (Å²) in [4.78, 5) is 3.83. The average molecular weight is 417 g/mol. The molecule has 0 aliphatic carbocycles. The largest absolute Gasteiger partial charge is 0.573 e. The molecule has 0 radical (unpaired) electrons. The molecule has 0 spiro atoms. The molecule has 3 rings (SSSR count). The molecular weight excluding hydrogens is 403 g/mol. The number of hydrogen-bond donors (Lipinski definition) is 1. The van der Waals surface area contributed by atoms with Crippen LogP contribution in [0.3, 0.4) is 0 Å². The number of nitrogens with zero attached hydrogens (tertiary/aromatic N) is 4. The summed E-state index contributed by atoms with van der Waals surface area (Å²) in [6.07, 6.45) is -1.60. The molecule has 0 unspecified atom stereocenters.